The SMILES string of the molecule is CCOC(=O)c1c(NC(=O)COC(=O)c2ccc(C#N)cc2)sc(CC)c1C. The molecule has 1 heterocycles. The zero-order valence-corrected chi connectivity index (χ0v) is 16.6. The Bertz CT molecular complexity index is 925. The number of esters is 2. The summed E-state index contributed by atoms with van der Waals surface area (Å²) in [6.07, 6.45) is 0.715. The van der Waals surface area contributed by atoms with Gasteiger partial charge in [-0.1, -0.05) is 6.92 Å². The summed E-state index contributed by atoms with van der Waals surface area (Å²) in [5.41, 5.74) is 1.76. The van der Waals surface area contributed by atoms with Crippen LogP contribution in [0.25, 0.3) is 0 Å². The summed E-state index contributed by atoms with van der Waals surface area (Å²) in [6.45, 7) is 5.20. The van der Waals surface area contributed by atoms with E-state index in [0.29, 0.717) is 22.5 Å². The second-order valence-corrected chi connectivity index (χ2v) is 6.85. The largest absolute Gasteiger partial charge is 0.462 e. The van der Waals surface area contributed by atoms with Gasteiger partial charge in [-0.05, 0) is 50.1 Å². The maximum Gasteiger partial charge on any atom is 0.341 e. The third-order valence-electron chi connectivity index (χ3n) is 3.88. The first kappa shape index (κ1) is 21.1. The quantitative estimate of drug-likeness (QED) is 0.714. The minimum atomic E-state index is -0.679. The van der Waals surface area contributed by atoms with Crippen LogP contribution in [0.1, 0.15) is 50.6 Å². The molecule has 0 aliphatic rings. The fraction of sp³-hybridized carbons (Fsp3) is 0.300. The number of nitrogens with zero attached hydrogens (tertiary/aromatic N) is 1. The van der Waals surface area contributed by atoms with E-state index in [4.69, 9.17) is 14.7 Å². The van der Waals surface area contributed by atoms with Gasteiger partial charge in [0.15, 0.2) is 6.61 Å². The Kier molecular flexibility index (Phi) is 7.29. The van der Waals surface area contributed by atoms with Gasteiger partial charge in [-0.3, -0.25) is 4.79 Å². The molecule has 0 atom stereocenters. The van der Waals surface area contributed by atoms with Gasteiger partial charge in [0.1, 0.15) is 5.00 Å². The van der Waals surface area contributed by atoms with Crippen LogP contribution in [0.3, 0.4) is 0 Å². The molecule has 0 saturated carbocycles. The fourth-order valence-electron chi connectivity index (χ4n) is 2.49. The molecule has 0 fully saturated rings. The molecule has 0 unspecified atom stereocenters. The lowest BCUT2D eigenvalue weighted by Gasteiger charge is -2.08. The van der Waals surface area contributed by atoms with Gasteiger partial charge in [0, 0.05) is 4.88 Å². The Labute approximate surface area is 166 Å². The molecule has 2 rings (SSSR count). The third-order valence-corrected chi connectivity index (χ3v) is 5.23. The molecule has 0 saturated heterocycles. The smallest absolute Gasteiger partial charge is 0.341 e. The van der Waals surface area contributed by atoms with Crippen LogP contribution < -0.4 is 5.32 Å². The highest BCUT2D eigenvalue weighted by Crippen LogP contribution is 2.34. The average Bonchev–Trinajstić information content (AvgIpc) is 3.01. The maximum atomic E-state index is 12.2. The number of benzene rings is 1. The van der Waals surface area contributed by atoms with Crippen molar-refractivity contribution in [3.8, 4) is 6.07 Å². The van der Waals surface area contributed by atoms with Crippen LogP contribution >= 0.6 is 11.3 Å². The first-order chi connectivity index (χ1) is 13.4. The highest BCUT2D eigenvalue weighted by atomic mass is 32.1. The summed E-state index contributed by atoms with van der Waals surface area (Å²) in [6, 6.07) is 7.83. The van der Waals surface area contributed by atoms with E-state index in [1.165, 1.54) is 35.6 Å². The summed E-state index contributed by atoms with van der Waals surface area (Å²) in [7, 11) is 0. The van der Waals surface area contributed by atoms with Crippen LogP contribution in [0.5, 0.6) is 0 Å². The Balaban J connectivity index is 2.05. The van der Waals surface area contributed by atoms with Gasteiger partial charge >= 0.3 is 11.9 Å². The van der Waals surface area contributed by atoms with Gasteiger partial charge in [-0.15, -0.1) is 11.3 Å². The van der Waals surface area contributed by atoms with Gasteiger partial charge in [-0.2, -0.15) is 5.26 Å². The van der Waals surface area contributed by atoms with Crippen LogP contribution in [-0.2, 0) is 20.7 Å². The Hall–Kier alpha value is -3.18. The van der Waals surface area contributed by atoms with E-state index >= 15 is 0 Å². The van der Waals surface area contributed by atoms with Crippen LogP contribution in [0.2, 0.25) is 0 Å². The molecule has 146 valence electrons. The van der Waals surface area contributed by atoms with Crippen molar-refractivity contribution < 1.29 is 23.9 Å². The molecule has 0 radical (unpaired) electrons. The van der Waals surface area contributed by atoms with Gasteiger partial charge in [-0.25, -0.2) is 9.59 Å². The number of hydrogen-bond acceptors (Lipinski definition) is 7. The Morgan fingerprint density at radius 2 is 1.79 bits per heavy atom. The molecule has 0 aliphatic carbocycles. The van der Waals surface area contributed by atoms with Gasteiger partial charge < -0.3 is 14.8 Å². The molecule has 8 heteroatoms. The Morgan fingerprint density at radius 3 is 2.36 bits per heavy atom. The number of rotatable bonds is 7. The van der Waals surface area contributed by atoms with Crippen molar-refractivity contribution in [2.24, 2.45) is 0 Å². The number of thiophene rings is 1. The minimum absolute atomic E-state index is 0.227. The first-order valence-electron chi connectivity index (χ1n) is 8.67. The van der Waals surface area contributed by atoms with Gasteiger partial charge in [0.2, 0.25) is 0 Å². The lowest BCUT2D eigenvalue weighted by molar-refractivity contribution is -0.119. The van der Waals surface area contributed by atoms with Crippen molar-refractivity contribution in [3.63, 3.8) is 0 Å². The summed E-state index contributed by atoms with van der Waals surface area (Å²) < 4.78 is 10.1. The van der Waals surface area contributed by atoms with E-state index < -0.39 is 24.5 Å². The van der Waals surface area contributed by atoms with E-state index in [2.05, 4.69) is 5.32 Å². The van der Waals surface area contributed by atoms with Crippen LogP contribution in [0, 0.1) is 18.3 Å². The molecule has 1 amide bonds. The first-order valence-corrected chi connectivity index (χ1v) is 9.49. The molecule has 0 aliphatic heterocycles. The van der Waals surface area contributed by atoms with Crippen molar-refractivity contribution >= 4 is 34.2 Å². The van der Waals surface area contributed by atoms with Crippen molar-refractivity contribution in [2.75, 3.05) is 18.5 Å². The van der Waals surface area contributed by atoms with E-state index in [1.54, 1.807) is 6.92 Å². The van der Waals surface area contributed by atoms with Crippen molar-refractivity contribution in [3.05, 3.63) is 51.4 Å². The topological polar surface area (TPSA) is 105 Å². The lowest BCUT2D eigenvalue weighted by atomic mass is 10.1. The molecule has 1 aromatic carbocycles. The highest BCUT2D eigenvalue weighted by molar-refractivity contribution is 7.17. The zero-order chi connectivity index (χ0) is 20.7. The number of hydrogen-bond donors (Lipinski definition) is 1. The number of carbonyl (C=O) groups is 3. The maximum absolute atomic E-state index is 12.2. The predicted molar refractivity (Wildman–Crippen MR) is 104 cm³/mol. The number of nitriles is 1. The van der Waals surface area contributed by atoms with Crippen LogP contribution in [0.4, 0.5) is 5.00 Å². The second-order valence-electron chi connectivity index (χ2n) is 5.74. The predicted octanol–water partition coefficient (Wildman–Crippen LogP) is 3.46. The van der Waals surface area contributed by atoms with E-state index in [9.17, 15) is 14.4 Å². The van der Waals surface area contributed by atoms with Crippen LogP contribution in [-0.4, -0.2) is 31.1 Å². The summed E-state index contributed by atoms with van der Waals surface area (Å²) >= 11 is 1.30. The van der Waals surface area contributed by atoms with E-state index in [1.807, 2.05) is 19.9 Å². The fourth-order valence-corrected chi connectivity index (χ4v) is 3.64. The van der Waals surface area contributed by atoms with Crippen LogP contribution in [0.15, 0.2) is 24.3 Å². The molecule has 28 heavy (non-hydrogen) atoms. The molecular weight excluding hydrogens is 380 g/mol. The van der Waals surface area contributed by atoms with Gasteiger partial charge in [0.05, 0.1) is 29.4 Å². The zero-order valence-electron chi connectivity index (χ0n) is 15.8. The molecule has 1 aromatic heterocycles. The summed E-state index contributed by atoms with van der Waals surface area (Å²) in [5, 5.41) is 11.8. The number of carbonyl (C=O) groups excluding carboxylic acids is 3. The molecule has 2 aromatic rings. The van der Waals surface area contributed by atoms with E-state index in [0.717, 1.165) is 10.4 Å². The average molecular weight is 400 g/mol. The number of aryl methyl sites for hydroxylation is 1. The number of amides is 1. The molecular formula is C20H20N2O5S. The monoisotopic (exact) mass is 400 g/mol. The van der Waals surface area contributed by atoms with Crippen molar-refractivity contribution in [2.45, 2.75) is 27.2 Å². The molecule has 0 spiro atoms. The second kappa shape index (κ2) is 9.67. The normalized spacial score (nSPS) is 10.1. The molecule has 0 bridgehead atoms. The standard InChI is InChI=1S/C20H20N2O5S/c1-4-15-12(3)17(20(25)26-5-2)18(28-15)22-16(23)11-27-19(24)14-8-6-13(10-21)7-9-14/h6-9H,4-5,11H2,1-3H3,(H,22,23). The minimum Gasteiger partial charge on any atom is -0.462 e. The highest BCUT2D eigenvalue weighted by Gasteiger charge is 2.23. The summed E-state index contributed by atoms with van der Waals surface area (Å²) in [4.78, 5) is 37.4. The number of nitrogens with one attached hydrogen (secondary N) is 1. The van der Waals surface area contributed by atoms with Crippen molar-refractivity contribution in [1.29, 1.82) is 5.26 Å². The Morgan fingerprint density at radius 1 is 1.11 bits per heavy atom. The molecule has 1 N–H and O–H groups in total. The van der Waals surface area contributed by atoms with Gasteiger partial charge in [0.25, 0.3) is 5.91 Å². The lowest BCUT2D eigenvalue weighted by Crippen LogP contribution is -2.21. The number of anilines is 1. The third kappa shape index (κ3) is 4.96. The van der Waals surface area contributed by atoms with Crippen molar-refractivity contribution in [1.82, 2.24) is 0 Å². The molecule has 7 nitrogen and oxygen atoms in total. The number of ether oxygens (including phenoxy) is 2. The summed E-state index contributed by atoms with van der Waals surface area (Å²) in [5.74, 6) is -1.74. The van der Waals surface area contributed by atoms with E-state index in [-0.39, 0.29) is 12.2 Å².